The number of anilines is 1. The van der Waals surface area contributed by atoms with Crippen LogP contribution in [-0.2, 0) is 9.59 Å². The van der Waals surface area contributed by atoms with Gasteiger partial charge in [0.1, 0.15) is 0 Å². The van der Waals surface area contributed by atoms with Crippen molar-refractivity contribution >= 4 is 17.5 Å². The van der Waals surface area contributed by atoms with Crippen LogP contribution in [0.2, 0.25) is 0 Å². The number of benzene rings is 1. The Morgan fingerprint density at radius 3 is 2.67 bits per heavy atom. The molecular weight excluding hydrogens is 228 g/mol. The van der Waals surface area contributed by atoms with E-state index in [9.17, 15) is 9.59 Å². The van der Waals surface area contributed by atoms with E-state index in [1.807, 2.05) is 39.0 Å². The summed E-state index contributed by atoms with van der Waals surface area (Å²) in [5.41, 5.74) is 2.36. The number of hydrogen-bond donors (Lipinski definition) is 2. The van der Waals surface area contributed by atoms with Crippen LogP contribution in [0.5, 0.6) is 0 Å². The van der Waals surface area contributed by atoms with Crippen molar-refractivity contribution in [1.29, 1.82) is 0 Å². The SMILES string of the molecule is Cc1ccc(NC(=O)C2(C)CNC(=O)C2)c(C)c1. The summed E-state index contributed by atoms with van der Waals surface area (Å²) in [6, 6.07) is 5.88. The summed E-state index contributed by atoms with van der Waals surface area (Å²) in [5, 5.41) is 5.61. The lowest BCUT2D eigenvalue weighted by Crippen LogP contribution is -2.35. The first kappa shape index (κ1) is 12.6. The van der Waals surface area contributed by atoms with Crippen molar-refractivity contribution in [2.24, 2.45) is 5.41 Å². The Balaban J connectivity index is 2.14. The minimum absolute atomic E-state index is 0.0618. The van der Waals surface area contributed by atoms with Gasteiger partial charge < -0.3 is 10.6 Å². The fraction of sp³-hybridized carbons (Fsp3) is 0.429. The Morgan fingerprint density at radius 2 is 2.11 bits per heavy atom. The molecule has 4 nitrogen and oxygen atoms in total. The third-order valence-electron chi connectivity index (χ3n) is 3.40. The summed E-state index contributed by atoms with van der Waals surface area (Å²) in [7, 11) is 0. The maximum absolute atomic E-state index is 12.2. The van der Waals surface area contributed by atoms with E-state index < -0.39 is 5.41 Å². The Labute approximate surface area is 107 Å². The highest BCUT2D eigenvalue weighted by Gasteiger charge is 2.40. The van der Waals surface area contributed by atoms with Crippen LogP contribution < -0.4 is 10.6 Å². The van der Waals surface area contributed by atoms with Crippen LogP contribution in [0.4, 0.5) is 5.69 Å². The van der Waals surface area contributed by atoms with Gasteiger partial charge in [-0.3, -0.25) is 9.59 Å². The van der Waals surface area contributed by atoms with E-state index in [4.69, 9.17) is 0 Å². The zero-order valence-electron chi connectivity index (χ0n) is 11.0. The molecule has 0 aromatic heterocycles. The van der Waals surface area contributed by atoms with E-state index in [0.29, 0.717) is 6.54 Å². The topological polar surface area (TPSA) is 58.2 Å². The number of carbonyl (C=O) groups is 2. The Morgan fingerprint density at radius 1 is 1.39 bits per heavy atom. The highest BCUT2D eigenvalue weighted by Crippen LogP contribution is 2.28. The average Bonchev–Trinajstić information content (AvgIpc) is 2.64. The summed E-state index contributed by atoms with van der Waals surface area (Å²) in [5.74, 6) is -0.166. The first-order valence-corrected chi connectivity index (χ1v) is 6.06. The van der Waals surface area contributed by atoms with Crippen LogP contribution in [0.15, 0.2) is 18.2 Å². The minimum atomic E-state index is -0.644. The van der Waals surface area contributed by atoms with Crippen molar-refractivity contribution < 1.29 is 9.59 Å². The molecule has 1 heterocycles. The first-order chi connectivity index (χ1) is 8.40. The Bertz CT molecular complexity index is 511. The van der Waals surface area contributed by atoms with Crippen LogP contribution in [0.1, 0.15) is 24.5 Å². The van der Waals surface area contributed by atoms with Gasteiger partial charge in [-0.05, 0) is 32.4 Å². The van der Waals surface area contributed by atoms with Crippen LogP contribution in [0, 0.1) is 19.3 Å². The molecular formula is C14H18N2O2. The second-order valence-corrected chi connectivity index (χ2v) is 5.29. The molecule has 2 amide bonds. The third-order valence-corrected chi connectivity index (χ3v) is 3.40. The lowest BCUT2D eigenvalue weighted by molar-refractivity contribution is -0.126. The van der Waals surface area contributed by atoms with Gasteiger partial charge in [-0.2, -0.15) is 0 Å². The van der Waals surface area contributed by atoms with Crippen molar-refractivity contribution in [1.82, 2.24) is 5.32 Å². The predicted octanol–water partition coefficient (Wildman–Crippen LogP) is 1.77. The van der Waals surface area contributed by atoms with E-state index in [-0.39, 0.29) is 18.2 Å². The maximum atomic E-state index is 12.2. The highest BCUT2D eigenvalue weighted by molar-refractivity contribution is 6.00. The van der Waals surface area contributed by atoms with Gasteiger partial charge in [-0.1, -0.05) is 17.7 Å². The molecule has 0 spiro atoms. The summed E-state index contributed by atoms with van der Waals surface area (Å²) < 4.78 is 0. The summed E-state index contributed by atoms with van der Waals surface area (Å²) in [6.45, 7) is 6.19. The number of rotatable bonds is 2. The zero-order valence-corrected chi connectivity index (χ0v) is 11.0. The summed E-state index contributed by atoms with van der Waals surface area (Å²) in [4.78, 5) is 23.5. The van der Waals surface area contributed by atoms with Crippen molar-refractivity contribution in [3.05, 3.63) is 29.3 Å². The summed E-state index contributed by atoms with van der Waals surface area (Å²) in [6.07, 6.45) is 0.254. The third kappa shape index (κ3) is 2.37. The molecule has 0 bridgehead atoms. The molecule has 0 radical (unpaired) electrons. The molecule has 1 atom stereocenters. The molecule has 18 heavy (non-hydrogen) atoms. The van der Waals surface area contributed by atoms with Gasteiger partial charge in [0.25, 0.3) is 0 Å². The van der Waals surface area contributed by atoms with Gasteiger partial charge in [-0.25, -0.2) is 0 Å². The van der Waals surface area contributed by atoms with Crippen LogP contribution in [-0.4, -0.2) is 18.4 Å². The van der Waals surface area contributed by atoms with Crippen molar-refractivity contribution in [2.75, 3.05) is 11.9 Å². The van der Waals surface area contributed by atoms with Crippen LogP contribution in [0.25, 0.3) is 0 Å². The van der Waals surface area contributed by atoms with Crippen LogP contribution in [0.3, 0.4) is 0 Å². The van der Waals surface area contributed by atoms with E-state index in [1.165, 1.54) is 0 Å². The van der Waals surface area contributed by atoms with E-state index in [0.717, 1.165) is 16.8 Å². The minimum Gasteiger partial charge on any atom is -0.355 e. The second-order valence-electron chi connectivity index (χ2n) is 5.29. The number of hydrogen-bond acceptors (Lipinski definition) is 2. The van der Waals surface area contributed by atoms with E-state index >= 15 is 0 Å². The largest absolute Gasteiger partial charge is 0.355 e. The smallest absolute Gasteiger partial charge is 0.232 e. The number of carbonyl (C=O) groups excluding carboxylic acids is 2. The van der Waals surface area contributed by atoms with Gasteiger partial charge in [0, 0.05) is 18.7 Å². The monoisotopic (exact) mass is 246 g/mol. The number of amides is 2. The van der Waals surface area contributed by atoms with Crippen LogP contribution >= 0.6 is 0 Å². The standard InChI is InChI=1S/C14H18N2O2/c1-9-4-5-11(10(2)6-9)16-13(18)14(3)7-12(17)15-8-14/h4-6H,7-8H2,1-3H3,(H,15,17)(H,16,18). The molecule has 1 aliphatic rings. The fourth-order valence-corrected chi connectivity index (χ4v) is 2.16. The van der Waals surface area contributed by atoms with Crippen molar-refractivity contribution in [3.63, 3.8) is 0 Å². The lowest BCUT2D eigenvalue weighted by Gasteiger charge is -2.21. The Hall–Kier alpha value is -1.84. The molecule has 2 N–H and O–H groups in total. The lowest BCUT2D eigenvalue weighted by atomic mass is 9.88. The molecule has 4 heteroatoms. The first-order valence-electron chi connectivity index (χ1n) is 6.06. The highest BCUT2D eigenvalue weighted by atomic mass is 16.2. The average molecular weight is 246 g/mol. The molecule has 1 aliphatic heterocycles. The van der Waals surface area contributed by atoms with Gasteiger partial charge >= 0.3 is 0 Å². The number of aryl methyl sites for hydroxylation is 2. The quantitative estimate of drug-likeness (QED) is 0.835. The molecule has 0 aliphatic carbocycles. The molecule has 1 aromatic carbocycles. The summed E-state index contributed by atoms with van der Waals surface area (Å²) >= 11 is 0. The molecule has 1 aromatic rings. The molecule has 1 fully saturated rings. The molecule has 1 saturated heterocycles. The normalized spacial score (nSPS) is 22.7. The van der Waals surface area contributed by atoms with Crippen molar-refractivity contribution in [2.45, 2.75) is 27.2 Å². The maximum Gasteiger partial charge on any atom is 0.232 e. The van der Waals surface area contributed by atoms with Gasteiger partial charge in [0.2, 0.25) is 11.8 Å². The second kappa shape index (κ2) is 4.44. The van der Waals surface area contributed by atoms with E-state index in [2.05, 4.69) is 10.6 Å². The molecule has 1 unspecified atom stereocenters. The molecule has 96 valence electrons. The van der Waals surface area contributed by atoms with E-state index in [1.54, 1.807) is 0 Å². The number of nitrogens with one attached hydrogen (secondary N) is 2. The Kier molecular flexibility index (Phi) is 3.11. The predicted molar refractivity (Wildman–Crippen MR) is 70.3 cm³/mol. The molecule has 2 rings (SSSR count). The zero-order chi connectivity index (χ0) is 13.3. The van der Waals surface area contributed by atoms with Gasteiger partial charge in [0.05, 0.1) is 5.41 Å². The van der Waals surface area contributed by atoms with Gasteiger partial charge in [0.15, 0.2) is 0 Å². The van der Waals surface area contributed by atoms with Gasteiger partial charge in [-0.15, -0.1) is 0 Å². The fourth-order valence-electron chi connectivity index (χ4n) is 2.16. The van der Waals surface area contributed by atoms with Crippen molar-refractivity contribution in [3.8, 4) is 0 Å². The molecule has 0 saturated carbocycles.